The molecule has 0 aliphatic carbocycles. The minimum absolute atomic E-state index is 0.646. The Bertz CT molecular complexity index is 687. The maximum atomic E-state index is 5.73. The third kappa shape index (κ3) is 2.07. The largest absolute Gasteiger partial charge is 0.453 e. The van der Waals surface area contributed by atoms with Crippen molar-refractivity contribution < 1.29 is 8.94 Å². The van der Waals surface area contributed by atoms with Gasteiger partial charge in [0.05, 0.1) is 5.69 Å². The zero-order valence-electron chi connectivity index (χ0n) is 9.74. The fourth-order valence-electron chi connectivity index (χ4n) is 1.83. The molecule has 18 heavy (non-hydrogen) atoms. The fourth-order valence-corrected chi connectivity index (χ4v) is 2.21. The molecule has 0 aliphatic heterocycles. The number of nitrogens with one attached hydrogen (secondary N) is 1. The topological polar surface area (TPSA) is 51.2 Å². The van der Waals surface area contributed by atoms with Gasteiger partial charge in [-0.1, -0.05) is 21.1 Å². The lowest BCUT2D eigenvalue weighted by Gasteiger charge is -1.88. The lowest BCUT2D eigenvalue weighted by molar-refractivity contribution is 0.411. The van der Waals surface area contributed by atoms with Gasteiger partial charge in [-0.2, -0.15) is 0 Å². The molecular formula is C13H11BrN2O2. The van der Waals surface area contributed by atoms with E-state index in [1.807, 2.05) is 37.4 Å². The van der Waals surface area contributed by atoms with Gasteiger partial charge in [0.1, 0.15) is 5.58 Å². The van der Waals surface area contributed by atoms with Crippen LogP contribution in [0.25, 0.3) is 22.5 Å². The molecule has 92 valence electrons. The molecule has 0 aliphatic rings. The third-order valence-electron chi connectivity index (χ3n) is 2.64. The molecule has 2 heterocycles. The number of benzene rings is 1. The normalized spacial score (nSPS) is 11.2. The van der Waals surface area contributed by atoms with Crippen molar-refractivity contribution in [2.75, 3.05) is 7.05 Å². The van der Waals surface area contributed by atoms with Crippen molar-refractivity contribution in [3.05, 3.63) is 40.5 Å². The number of hydrogen-bond donors (Lipinski definition) is 1. The molecule has 4 nitrogen and oxygen atoms in total. The van der Waals surface area contributed by atoms with Gasteiger partial charge in [0, 0.05) is 22.5 Å². The summed E-state index contributed by atoms with van der Waals surface area (Å²) >= 11 is 3.44. The minimum Gasteiger partial charge on any atom is -0.453 e. The monoisotopic (exact) mass is 306 g/mol. The highest BCUT2D eigenvalue weighted by molar-refractivity contribution is 9.10. The summed E-state index contributed by atoms with van der Waals surface area (Å²) in [6.07, 6.45) is 0. The Morgan fingerprint density at radius 1 is 1.22 bits per heavy atom. The molecule has 3 rings (SSSR count). The van der Waals surface area contributed by atoms with Crippen molar-refractivity contribution in [3.8, 4) is 11.5 Å². The summed E-state index contributed by atoms with van der Waals surface area (Å²) in [6.45, 7) is 0.676. The van der Waals surface area contributed by atoms with Gasteiger partial charge in [0.2, 0.25) is 5.76 Å². The predicted octanol–water partition coefficient (Wildman–Crippen LogP) is 3.57. The van der Waals surface area contributed by atoms with Gasteiger partial charge >= 0.3 is 0 Å². The maximum Gasteiger partial charge on any atom is 0.202 e. The van der Waals surface area contributed by atoms with Crippen molar-refractivity contribution in [1.82, 2.24) is 10.5 Å². The molecule has 0 unspecified atom stereocenters. The van der Waals surface area contributed by atoms with Crippen molar-refractivity contribution in [3.63, 3.8) is 0 Å². The van der Waals surface area contributed by atoms with E-state index >= 15 is 0 Å². The molecule has 2 aromatic heterocycles. The second-order valence-electron chi connectivity index (χ2n) is 4.01. The maximum absolute atomic E-state index is 5.73. The number of halogens is 1. The number of aromatic nitrogens is 1. The second-order valence-corrected chi connectivity index (χ2v) is 4.92. The van der Waals surface area contributed by atoms with Gasteiger partial charge in [-0.25, -0.2) is 0 Å². The minimum atomic E-state index is 0.646. The first-order chi connectivity index (χ1) is 8.76. The third-order valence-corrected chi connectivity index (χ3v) is 3.13. The highest BCUT2D eigenvalue weighted by Crippen LogP contribution is 2.29. The number of fused-ring (bicyclic) bond motifs is 1. The van der Waals surface area contributed by atoms with E-state index in [4.69, 9.17) is 8.94 Å². The molecule has 0 saturated carbocycles. The summed E-state index contributed by atoms with van der Waals surface area (Å²) in [5, 5.41) is 8.02. The van der Waals surface area contributed by atoms with E-state index in [1.54, 1.807) is 0 Å². The average molecular weight is 307 g/mol. The SMILES string of the molecule is CNCc1cc(-c2cc3cc(Br)ccc3o2)on1. The first-order valence-corrected chi connectivity index (χ1v) is 6.35. The van der Waals surface area contributed by atoms with Crippen LogP contribution in [0.15, 0.2) is 43.7 Å². The highest BCUT2D eigenvalue weighted by atomic mass is 79.9. The predicted molar refractivity (Wildman–Crippen MR) is 72.2 cm³/mol. The Kier molecular flexibility index (Phi) is 2.93. The van der Waals surface area contributed by atoms with Crippen molar-refractivity contribution in [2.24, 2.45) is 0 Å². The molecule has 0 fully saturated rings. The van der Waals surface area contributed by atoms with Crippen LogP contribution in [0.2, 0.25) is 0 Å². The van der Waals surface area contributed by atoms with Crippen LogP contribution in [-0.2, 0) is 6.54 Å². The molecule has 0 saturated heterocycles. The van der Waals surface area contributed by atoms with E-state index in [9.17, 15) is 0 Å². The Hall–Kier alpha value is -1.59. The Morgan fingerprint density at radius 2 is 2.11 bits per heavy atom. The van der Waals surface area contributed by atoms with E-state index in [0.29, 0.717) is 18.1 Å². The molecule has 0 amide bonds. The van der Waals surface area contributed by atoms with Gasteiger partial charge in [0.25, 0.3) is 0 Å². The van der Waals surface area contributed by atoms with E-state index in [-0.39, 0.29) is 0 Å². The number of furan rings is 1. The standard InChI is InChI=1S/C13H11BrN2O2/c1-15-7-10-6-13(18-16-10)12-5-8-4-9(14)2-3-11(8)17-12/h2-6,15H,7H2,1H3. The lowest BCUT2D eigenvalue weighted by Crippen LogP contribution is -2.04. The lowest BCUT2D eigenvalue weighted by atomic mass is 10.2. The summed E-state index contributed by atoms with van der Waals surface area (Å²) in [6, 6.07) is 9.70. The summed E-state index contributed by atoms with van der Waals surface area (Å²) in [5.41, 5.74) is 1.69. The van der Waals surface area contributed by atoms with Crippen LogP contribution in [-0.4, -0.2) is 12.2 Å². The Labute approximate surface area is 112 Å². The van der Waals surface area contributed by atoms with Crippen LogP contribution in [0.1, 0.15) is 5.69 Å². The quantitative estimate of drug-likeness (QED) is 0.803. The average Bonchev–Trinajstić information content (AvgIpc) is 2.94. The van der Waals surface area contributed by atoms with Gasteiger partial charge in [-0.05, 0) is 31.3 Å². The molecule has 0 bridgehead atoms. The summed E-state index contributed by atoms with van der Waals surface area (Å²) in [5.74, 6) is 1.34. The summed E-state index contributed by atoms with van der Waals surface area (Å²) in [7, 11) is 1.87. The van der Waals surface area contributed by atoms with Crippen molar-refractivity contribution in [1.29, 1.82) is 0 Å². The van der Waals surface area contributed by atoms with E-state index < -0.39 is 0 Å². The Balaban J connectivity index is 2.02. The van der Waals surface area contributed by atoms with Crippen LogP contribution in [0, 0.1) is 0 Å². The molecule has 3 aromatic rings. The van der Waals surface area contributed by atoms with Gasteiger partial charge in [-0.15, -0.1) is 0 Å². The molecule has 0 spiro atoms. The molecule has 1 N–H and O–H groups in total. The number of hydrogen-bond acceptors (Lipinski definition) is 4. The van der Waals surface area contributed by atoms with Crippen LogP contribution in [0.5, 0.6) is 0 Å². The van der Waals surface area contributed by atoms with E-state index in [2.05, 4.69) is 26.4 Å². The van der Waals surface area contributed by atoms with E-state index in [0.717, 1.165) is 21.1 Å². The van der Waals surface area contributed by atoms with Gasteiger partial charge < -0.3 is 14.3 Å². The number of nitrogens with zero attached hydrogens (tertiary/aromatic N) is 1. The fraction of sp³-hybridized carbons (Fsp3) is 0.154. The number of rotatable bonds is 3. The van der Waals surface area contributed by atoms with Crippen LogP contribution >= 0.6 is 15.9 Å². The Morgan fingerprint density at radius 3 is 2.94 bits per heavy atom. The highest BCUT2D eigenvalue weighted by Gasteiger charge is 2.11. The summed E-state index contributed by atoms with van der Waals surface area (Å²) in [4.78, 5) is 0. The van der Waals surface area contributed by atoms with Crippen molar-refractivity contribution in [2.45, 2.75) is 6.54 Å². The van der Waals surface area contributed by atoms with Crippen LogP contribution in [0.4, 0.5) is 0 Å². The molecule has 0 atom stereocenters. The van der Waals surface area contributed by atoms with Gasteiger partial charge in [-0.3, -0.25) is 0 Å². The summed E-state index contributed by atoms with van der Waals surface area (Å²) < 4.78 is 12.0. The first kappa shape index (κ1) is 11.5. The van der Waals surface area contributed by atoms with E-state index in [1.165, 1.54) is 0 Å². The van der Waals surface area contributed by atoms with Gasteiger partial charge in [0.15, 0.2) is 5.76 Å². The first-order valence-electron chi connectivity index (χ1n) is 5.56. The van der Waals surface area contributed by atoms with Crippen LogP contribution < -0.4 is 5.32 Å². The smallest absolute Gasteiger partial charge is 0.202 e. The molecule has 1 aromatic carbocycles. The molecule has 0 radical (unpaired) electrons. The zero-order chi connectivity index (χ0) is 12.5. The molecular weight excluding hydrogens is 296 g/mol. The zero-order valence-corrected chi connectivity index (χ0v) is 11.3. The second kappa shape index (κ2) is 4.59. The van der Waals surface area contributed by atoms with Crippen molar-refractivity contribution >= 4 is 26.9 Å². The molecule has 5 heteroatoms. The van der Waals surface area contributed by atoms with Crippen LogP contribution in [0.3, 0.4) is 0 Å².